The molecule has 1 aromatic carbocycles. The molecule has 1 aliphatic rings. The number of sulfonamides is 1. The van der Waals surface area contributed by atoms with Gasteiger partial charge in [0, 0.05) is 12.6 Å². The summed E-state index contributed by atoms with van der Waals surface area (Å²) in [6, 6.07) is 4.41. The summed E-state index contributed by atoms with van der Waals surface area (Å²) in [5, 5.41) is 0. The van der Waals surface area contributed by atoms with Gasteiger partial charge in [0.1, 0.15) is 0 Å². The quantitative estimate of drug-likeness (QED) is 0.609. The van der Waals surface area contributed by atoms with E-state index in [4.69, 9.17) is 4.74 Å². The molecule has 7 heteroatoms. The van der Waals surface area contributed by atoms with Crippen LogP contribution in [0.1, 0.15) is 23.7 Å². The molecule has 1 aromatic rings. The molecule has 108 valence electrons. The molecule has 1 heterocycles. The maximum Gasteiger partial charge on any atom is 0.332 e. The first kappa shape index (κ1) is 14.7. The fourth-order valence-electron chi connectivity index (χ4n) is 2.04. The first-order valence-electron chi connectivity index (χ1n) is 6.19. The Labute approximate surface area is 117 Å². The number of nitrogens with zero attached hydrogens (tertiary/aromatic N) is 1. The molecule has 6 nitrogen and oxygen atoms in total. The van der Waals surface area contributed by atoms with Crippen LogP contribution in [0.15, 0.2) is 29.2 Å². The summed E-state index contributed by atoms with van der Waals surface area (Å²) in [6.45, 7) is 1.96. The number of Topliss-reactive ketones (excluding diaryl/α,β-unsaturated/α-hetero) is 1. The van der Waals surface area contributed by atoms with Crippen molar-refractivity contribution in [1.82, 2.24) is 4.31 Å². The summed E-state index contributed by atoms with van der Waals surface area (Å²) < 4.78 is 30.3. The molecule has 0 fully saturated rings. The van der Waals surface area contributed by atoms with E-state index >= 15 is 0 Å². The number of likely N-dealkylation sites (N-methyl/N-ethyl adjacent to an activating group) is 1. The Hall–Kier alpha value is -1.73. The van der Waals surface area contributed by atoms with E-state index in [0.717, 1.165) is 4.31 Å². The van der Waals surface area contributed by atoms with E-state index in [9.17, 15) is 18.0 Å². The summed E-state index contributed by atoms with van der Waals surface area (Å²) in [5.41, 5.74) is 0.0315. The van der Waals surface area contributed by atoms with E-state index < -0.39 is 27.8 Å². The average Bonchev–Trinajstić information content (AvgIpc) is 2.43. The van der Waals surface area contributed by atoms with Crippen LogP contribution in [-0.4, -0.2) is 44.2 Å². The van der Waals surface area contributed by atoms with Gasteiger partial charge < -0.3 is 4.74 Å². The van der Waals surface area contributed by atoms with Gasteiger partial charge in [0.15, 0.2) is 11.8 Å². The Morgan fingerprint density at radius 3 is 2.65 bits per heavy atom. The summed E-state index contributed by atoms with van der Waals surface area (Å²) in [6.07, 6.45) is 0.597. The van der Waals surface area contributed by atoms with Crippen LogP contribution in [0.3, 0.4) is 0 Å². The third-order valence-corrected chi connectivity index (χ3v) is 4.97. The molecule has 0 spiro atoms. The Bertz CT molecular complexity index is 652. The summed E-state index contributed by atoms with van der Waals surface area (Å²) >= 11 is 0. The molecule has 0 aliphatic carbocycles. The lowest BCUT2D eigenvalue weighted by molar-refractivity contribution is -0.146. The molecular weight excluding hydrogens is 282 g/mol. The normalized spacial score (nSPS) is 21.3. The zero-order chi connectivity index (χ0) is 14.9. The van der Waals surface area contributed by atoms with Crippen molar-refractivity contribution in [3.8, 4) is 0 Å². The van der Waals surface area contributed by atoms with Crippen LogP contribution in [-0.2, 0) is 19.6 Å². The maximum atomic E-state index is 12.3. The minimum Gasteiger partial charge on any atom is -0.464 e. The maximum absolute atomic E-state index is 12.3. The molecular formula is C13H15NO5S. The Morgan fingerprint density at radius 1 is 1.35 bits per heavy atom. The SMILES string of the molecule is CCCOC(=O)C1C(=O)c2ccccc2S(=O)(=O)N1C. The second-order valence-corrected chi connectivity index (χ2v) is 6.42. The van der Waals surface area contributed by atoms with E-state index in [0.29, 0.717) is 6.42 Å². The molecule has 20 heavy (non-hydrogen) atoms. The third-order valence-electron chi connectivity index (χ3n) is 3.09. The lowest BCUT2D eigenvalue weighted by atomic mass is 10.0. The monoisotopic (exact) mass is 297 g/mol. The Balaban J connectivity index is 2.48. The Kier molecular flexibility index (Phi) is 3.92. The highest BCUT2D eigenvalue weighted by atomic mass is 32.2. The van der Waals surface area contributed by atoms with Crippen molar-refractivity contribution < 1.29 is 22.7 Å². The standard InChI is InChI=1S/C13H15NO5S/c1-3-8-19-13(16)11-12(15)9-6-4-5-7-10(9)20(17,18)14(11)2/h4-7,11H,3,8H2,1-2H3. The van der Waals surface area contributed by atoms with Crippen molar-refractivity contribution in [2.24, 2.45) is 0 Å². The predicted molar refractivity (Wildman–Crippen MR) is 70.8 cm³/mol. The molecule has 2 rings (SSSR count). The van der Waals surface area contributed by atoms with Gasteiger partial charge in [-0.2, -0.15) is 4.31 Å². The van der Waals surface area contributed by atoms with Crippen molar-refractivity contribution in [2.45, 2.75) is 24.3 Å². The minimum atomic E-state index is -3.86. The van der Waals surface area contributed by atoms with E-state index in [1.54, 1.807) is 6.07 Å². The van der Waals surface area contributed by atoms with Crippen molar-refractivity contribution in [3.05, 3.63) is 29.8 Å². The van der Waals surface area contributed by atoms with Crippen LogP contribution >= 0.6 is 0 Å². The Morgan fingerprint density at radius 2 is 2.00 bits per heavy atom. The van der Waals surface area contributed by atoms with Crippen molar-refractivity contribution >= 4 is 21.8 Å². The van der Waals surface area contributed by atoms with Gasteiger partial charge in [-0.3, -0.25) is 4.79 Å². The van der Waals surface area contributed by atoms with Crippen LogP contribution < -0.4 is 0 Å². The second-order valence-electron chi connectivity index (χ2n) is 4.45. The highest BCUT2D eigenvalue weighted by Crippen LogP contribution is 2.29. The fourth-order valence-corrected chi connectivity index (χ4v) is 3.51. The van der Waals surface area contributed by atoms with Crippen LogP contribution in [0.5, 0.6) is 0 Å². The second kappa shape index (κ2) is 5.34. The smallest absolute Gasteiger partial charge is 0.332 e. The van der Waals surface area contributed by atoms with E-state index in [1.165, 1.54) is 25.2 Å². The molecule has 0 N–H and O–H groups in total. The highest BCUT2D eigenvalue weighted by Gasteiger charge is 2.46. The average molecular weight is 297 g/mol. The van der Waals surface area contributed by atoms with Crippen molar-refractivity contribution in [3.63, 3.8) is 0 Å². The largest absolute Gasteiger partial charge is 0.464 e. The number of ketones is 1. The molecule has 1 aliphatic heterocycles. The van der Waals surface area contributed by atoms with Gasteiger partial charge in [-0.1, -0.05) is 19.1 Å². The van der Waals surface area contributed by atoms with Gasteiger partial charge in [-0.25, -0.2) is 13.2 Å². The zero-order valence-corrected chi connectivity index (χ0v) is 12.0. The lowest BCUT2D eigenvalue weighted by Gasteiger charge is -2.30. The van der Waals surface area contributed by atoms with Crippen molar-refractivity contribution in [2.75, 3.05) is 13.7 Å². The number of hydrogen-bond acceptors (Lipinski definition) is 5. The molecule has 0 saturated carbocycles. The molecule has 0 saturated heterocycles. The summed E-state index contributed by atoms with van der Waals surface area (Å²) in [7, 11) is -2.65. The van der Waals surface area contributed by atoms with Gasteiger partial charge >= 0.3 is 5.97 Å². The van der Waals surface area contributed by atoms with Gasteiger partial charge in [0.05, 0.1) is 11.5 Å². The number of hydrogen-bond donors (Lipinski definition) is 0. The van der Waals surface area contributed by atoms with Crippen LogP contribution in [0.25, 0.3) is 0 Å². The number of rotatable bonds is 3. The third kappa shape index (κ3) is 2.23. The first-order chi connectivity index (χ1) is 9.41. The zero-order valence-electron chi connectivity index (χ0n) is 11.2. The molecule has 0 bridgehead atoms. The summed E-state index contributed by atoms with van der Waals surface area (Å²) in [4.78, 5) is 24.2. The summed E-state index contributed by atoms with van der Waals surface area (Å²) in [5.74, 6) is -1.39. The van der Waals surface area contributed by atoms with Gasteiger partial charge in [0.25, 0.3) is 0 Å². The van der Waals surface area contributed by atoms with Gasteiger partial charge in [-0.15, -0.1) is 0 Å². The highest BCUT2D eigenvalue weighted by molar-refractivity contribution is 7.89. The lowest BCUT2D eigenvalue weighted by Crippen LogP contribution is -2.52. The number of carbonyl (C=O) groups is 2. The number of carbonyl (C=O) groups excluding carboxylic acids is 2. The molecule has 0 radical (unpaired) electrons. The van der Waals surface area contributed by atoms with E-state index in [1.807, 2.05) is 6.92 Å². The topological polar surface area (TPSA) is 80.8 Å². The van der Waals surface area contributed by atoms with Gasteiger partial charge in [-0.05, 0) is 18.6 Å². The van der Waals surface area contributed by atoms with E-state index in [-0.39, 0.29) is 17.1 Å². The number of benzene rings is 1. The number of fused-ring (bicyclic) bond motifs is 1. The van der Waals surface area contributed by atoms with Crippen molar-refractivity contribution in [1.29, 1.82) is 0 Å². The van der Waals surface area contributed by atoms with Crippen LogP contribution in [0.4, 0.5) is 0 Å². The molecule has 1 atom stereocenters. The number of ether oxygens (including phenoxy) is 1. The van der Waals surface area contributed by atoms with E-state index in [2.05, 4.69) is 0 Å². The predicted octanol–water partition coefficient (Wildman–Crippen LogP) is 0.825. The van der Waals surface area contributed by atoms with Gasteiger partial charge in [0.2, 0.25) is 10.0 Å². The minimum absolute atomic E-state index is 0.0315. The fraction of sp³-hybridized carbons (Fsp3) is 0.385. The molecule has 0 amide bonds. The number of esters is 1. The molecule has 1 unspecified atom stereocenters. The van der Waals surface area contributed by atoms with Crippen LogP contribution in [0.2, 0.25) is 0 Å². The first-order valence-corrected chi connectivity index (χ1v) is 7.63. The molecule has 0 aromatic heterocycles. The van der Waals surface area contributed by atoms with Crippen LogP contribution in [0, 0.1) is 0 Å².